The van der Waals surface area contributed by atoms with Gasteiger partial charge in [-0.1, -0.05) is 30.3 Å². The molecule has 0 atom stereocenters. The molecule has 164 valence electrons. The van der Waals surface area contributed by atoms with Crippen molar-refractivity contribution in [1.29, 1.82) is 0 Å². The van der Waals surface area contributed by atoms with Crippen LogP contribution in [0.15, 0.2) is 53.5 Å². The van der Waals surface area contributed by atoms with Gasteiger partial charge in [0.15, 0.2) is 5.96 Å². The van der Waals surface area contributed by atoms with Crippen molar-refractivity contribution in [3.8, 4) is 5.75 Å². The average molecular weight is 430 g/mol. The molecule has 31 heavy (non-hydrogen) atoms. The molecule has 0 aromatic heterocycles. The van der Waals surface area contributed by atoms with Crippen molar-refractivity contribution < 1.29 is 23.1 Å². The van der Waals surface area contributed by atoms with Crippen LogP contribution in [0.25, 0.3) is 0 Å². The van der Waals surface area contributed by atoms with Gasteiger partial charge < -0.3 is 15.4 Å². The molecule has 0 aliphatic carbocycles. The Labute approximate surface area is 179 Å². The lowest BCUT2D eigenvalue weighted by Gasteiger charge is -2.15. The van der Waals surface area contributed by atoms with E-state index < -0.39 is 6.61 Å². The van der Waals surface area contributed by atoms with Crippen molar-refractivity contribution in [2.24, 2.45) is 4.99 Å². The van der Waals surface area contributed by atoms with Crippen LogP contribution < -0.4 is 15.4 Å². The molecule has 1 aliphatic heterocycles. The molecule has 3 rings (SSSR count). The molecule has 0 fully saturated rings. The third-order valence-electron chi connectivity index (χ3n) is 4.84. The van der Waals surface area contributed by atoms with E-state index in [-0.39, 0.29) is 24.1 Å². The number of halogens is 2. The fraction of sp³-hybridized carbons (Fsp3) is 0.318. The summed E-state index contributed by atoms with van der Waals surface area (Å²) < 4.78 is 29.6. The zero-order valence-electron chi connectivity index (χ0n) is 17.1. The van der Waals surface area contributed by atoms with E-state index >= 15 is 0 Å². The number of para-hydroxylation sites is 1. The molecule has 0 unspecified atom stereocenters. The van der Waals surface area contributed by atoms with E-state index in [2.05, 4.69) is 20.4 Å². The lowest BCUT2D eigenvalue weighted by molar-refractivity contribution is -0.0504. The van der Waals surface area contributed by atoms with E-state index in [1.165, 1.54) is 11.0 Å². The molecule has 1 heterocycles. The number of ether oxygens (including phenoxy) is 1. The van der Waals surface area contributed by atoms with Crippen molar-refractivity contribution in [1.82, 2.24) is 15.5 Å². The van der Waals surface area contributed by atoms with Crippen LogP contribution in [-0.4, -0.2) is 49.4 Å². The summed E-state index contributed by atoms with van der Waals surface area (Å²) in [7, 11) is 1.61. The van der Waals surface area contributed by atoms with E-state index in [1.807, 2.05) is 0 Å². The number of nitrogens with zero attached hydrogens (tertiary/aromatic N) is 2. The predicted molar refractivity (Wildman–Crippen MR) is 112 cm³/mol. The number of nitrogens with one attached hydrogen (secondary N) is 2. The third kappa shape index (κ3) is 5.56. The number of fused-ring (bicyclic) bond motifs is 1. The monoisotopic (exact) mass is 430 g/mol. The quantitative estimate of drug-likeness (QED) is 0.277. The fourth-order valence-corrected chi connectivity index (χ4v) is 3.30. The molecule has 0 saturated heterocycles. The number of carbonyl (C=O) groups excluding carboxylic acids is 2. The number of hydrogen-bond donors (Lipinski definition) is 2. The Bertz CT molecular complexity index is 930. The van der Waals surface area contributed by atoms with Crippen LogP contribution in [0.4, 0.5) is 8.78 Å². The molecule has 9 heteroatoms. The first-order chi connectivity index (χ1) is 15.0. The number of hydrogen-bond acceptors (Lipinski definition) is 4. The number of carbonyl (C=O) groups is 2. The van der Waals surface area contributed by atoms with Crippen LogP contribution in [0, 0.1) is 0 Å². The second kappa shape index (κ2) is 10.5. The molecule has 0 radical (unpaired) electrons. The summed E-state index contributed by atoms with van der Waals surface area (Å²) in [5.74, 6) is 0.111. The van der Waals surface area contributed by atoms with E-state index in [0.29, 0.717) is 48.6 Å². The summed E-state index contributed by atoms with van der Waals surface area (Å²) in [6, 6.07) is 13.4. The molecular weight excluding hydrogens is 406 g/mol. The minimum atomic E-state index is -2.89. The second-order valence-electron chi connectivity index (χ2n) is 6.85. The highest BCUT2D eigenvalue weighted by Crippen LogP contribution is 2.22. The molecule has 7 nitrogen and oxygen atoms in total. The van der Waals surface area contributed by atoms with Crippen molar-refractivity contribution in [2.75, 3.05) is 20.1 Å². The van der Waals surface area contributed by atoms with E-state index in [1.54, 1.807) is 49.5 Å². The normalized spacial score (nSPS) is 13.5. The SMILES string of the molecule is CN=C(NCCCCN1C(=O)c2ccccc2C1=O)NCc1ccccc1OC(F)F. The molecule has 2 aromatic carbocycles. The topological polar surface area (TPSA) is 83.0 Å². The number of rotatable bonds is 9. The number of amides is 2. The Morgan fingerprint density at radius 1 is 1.00 bits per heavy atom. The standard InChI is InChI=1S/C22H24F2N4O3/c1-25-22(27-14-15-8-2-5-11-18(15)31-21(23)24)26-12-6-7-13-28-19(29)16-9-3-4-10-17(16)20(28)30/h2-5,8-11,21H,6-7,12-14H2,1H3,(H2,25,26,27). The van der Waals surface area contributed by atoms with Gasteiger partial charge in [-0.15, -0.1) is 0 Å². The number of aliphatic imine (C=N–C) groups is 1. The zero-order chi connectivity index (χ0) is 22.2. The molecule has 0 spiro atoms. The number of alkyl halides is 2. The number of benzene rings is 2. The van der Waals surface area contributed by atoms with Gasteiger partial charge in [0.05, 0.1) is 11.1 Å². The fourth-order valence-electron chi connectivity index (χ4n) is 3.30. The number of imide groups is 1. The second-order valence-corrected chi connectivity index (χ2v) is 6.85. The summed E-state index contributed by atoms with van der Waals surface area (Å²) in [6.07, 6.45) is 1.35. The van der Waals surface area contributed by atoms with E-state index in [0.717, 1.165) is 0 Å². The molecule has 1 aliphatic rings. The first-order valence-electron chi connectivity index (χ1n) is 9.93. The van der Waals surface area contributed by atoms with Gasteiger partial charge in [0.1, 0.15) is 5.75 Å². The van der Waals surface area contributed by atoms with Gasteiger partial charge in [-0.05, 0) is 31.0 Å². The maximum absolute atomic E-state index is 12.5. The Kier molecular flexibility index (Phi) is 7.53. The molecular formula is C22H24F2N4O3. The first kappa shape index (κ1) is 22.2. The maximum atomic E-state index is 12.5. The van der Waals surface area contributed by atoms with Crippen molar-refractivity contribution in [3.63, 3.8) is 0 Å². The molecule has 2 N–H and O–H groups in total. The zero-order valence-corrected chi connectivity index (χ0v) is 17.1. The van der Waals surface area contributed by atoms with Crippen molar-refractivity contribution >= 4 is 17.8 Å². The van der Waals surface area contributed by atoms with Crippen LogP contribution in [0.2, 0.25) is 0 Å². The predicted octanol–water partition coefficient (Wildman–Crippen LogP) is 3.03. The lowest BCUT2D eigenvalue weighted by atomic mass is 10.1. The largest absolute Gasteiger partial charge is 0.434 e. The molecule has 2 amide bonds. The minimum Gasteiger partial charge on any atom is -0.434 e. The Balaban J connectivity index is 1.41. The third-order valence-corrected chi connectivity index (χ3v) is 4.84. The van der Waals surface area contributed by atoms with Crippen LogP contribution >= 0.6 is 0 Å². The first-order valence-corrected chi connectivity index (χ1v) is 9.93. The minimum absolute atomic E-state index is 0.112. The smallest absolute Gasteiger partial charge is 0.387 e. The van der Waals surface area contributed by atoms with Gasteiger partial charge in [0.25, 0.3) is 11.8 Å². The van der Waals surface area contributed by atoms with Gasteiger partial charge in [0, 0.05) is 32.2 Å². The molecule has 0 saturated carbocycles. The number of guanidine groups is 1. The highest BCUT2D eigenvalue weighted by Gasteiger charge is 2.34. The van der Waals surface area contributed by atoms with Gasteiger partial charge in [-0.25, -0.2) is 0 Å². The van der Waals surface area contributed by atoms with Crippen molar-refractivity contribution in [3.05, 3.63) is 65.2 Å². The summed E-state index contributed by atoms with van der Waals surface area (Å²) >= 11 is 0. The summed E-state index contributed by atoms with van der Waals surface area (Å²) in [5.41, 5.74) is 1.48. The summed E-state index contributed by atoms with van der Waals surface area (Å²) in [5, 5.41) is 6.18. The molecule has 2 aromatic rings. The van der Waals surface area contributed by atoms with Crippen LogP contribution in [0.1, 0.15) is 39.1 Å². The van der Waals surface area contributed by atoms with Crippen LogP contribution in [0.5, 0.6) is 5.75 Å². The Morgan fingerprint density at radius 3 is 2.29 bits per heavy atom. The molecule has 0 bridgehead atoms. The average Bonchev–Trinajstić information content (AvgIpc) is 3.01. The lowest BCUT2D eigenvalue weighted by Crippen LogP contribution is -2.37. The van der Waals surface area contributed by atoms with Gasteiger partial charge in [0.2, 0.25) is 0 Å². The van der Waals surface area contributed by atoms with Crippen LogP contribution in [-0.2, 0) is 6.54 Å². The van der Waals surface area contributed by atoms with Gasteiger partial charge >= 0.3 is 6.61 Å². The van der Waals surface area contributed by atoms with Crippen LogP contribution in [0.3, 0.4) is 0 Å². The highest BCUT2D eigenvalue weighted by atomic mass is 19.3. The number of unbranched alkanes of at least 4 members (excludes halogenated alkanes) is 1. The summed E-state index contributed by atoms with van der Waals surface area (Å²) in [4.78, 5) is 30.1. The van der Waals surface area contributed by atoms with Crippen molar-refractivity contribution in [2.45, 2.75) is 26.0 Å². The van der Waals surface area contributed by atoms with Gasteiger partial charge in [-0.3, -0.25) is 19.5 Å². The Hall–Kier alpha value is -3.49. The maximum Gasteiger partial charge on any atom is 0.387 e. The highest BCUT2D eigenvalue weighted by molar-refractivity contribution is 6.21. The van der Waals surface area contributed by atoms with Gasteiger partial charge in [-0.2, -0.15) is 8.78 Å². The Morgan fingerprint density at radius 2 is 1.65 bits per heavy atom. The summed E-state index contributed by atoms with van der Waals surface area (Å²) in [6.45, 7) is -1.71. The van der Waals surface area contributed by atoms with E-state index in [9.17, 15) is 18.4 Å². The van der Waals surface area contributed by atoms with E-state index in [4.69, 9.17) is 0 Å².